The molecule has 28 heavy (non-hydrogen) atoms. The Morgan fingerprint density at radius 1 is 0.893 bits per heavy atom. The van der Waals surface area contributed by atoms with Crippen LogP contribution in [0.4, 0.5) is 0 Å². The van der Waals surface area contributed by atoms with Gasteiger partial charge in [0, 0.05) is 11.8 Å². The third kappa shape index (κ3) is 9.61. The van der Waals surface area contributed by atoms with Gasteiger partial charge >= 0.3 is 0 Å². The van der Waals surface area contributed by atoms with Crippen LogP contribution in [0.25, 0.3) is 0 Å². The number of amides is 2. The van der Waals surface area contributed by atoms with E-state index in [1.54, 1.807) is 13.8 Å². The summed E-state index contributed by atoms with van der Waals surface area (Å²) in [5.74, 6) is -1.26. The zero-order chi connectivity index (χ0) is 21.9. The van der Waals surface area contributed by atoms with Crippen molar-refractivity contribution in [3.8, 4) is 0 Å². The molecule has 0 rings (SSSR count). The second-order valence-corrected chi connectivity index (χ2v) is 8.18. The molecular formula is C20H40N4O4. The van der Waals surface area contributed by atoms with Crippen LogP contribution in [0, 0.1) is 17.8 Å². The van der Waals surface area contributed by atoms with Gasteiger partial charge in [0.15, 0.2) is 5.78 Å². The first-order valence-electron chi connectivity index (χ1n) is 10.3. The Hall–Kier alpha value is -1.51. The fraction of sp³-hybridized carbons (Fsp3) is 0.850. The molecule has 7 N–H and O–H groups in total. The SMILES string of the molecule is CC(C)CC(CCN)C(=O)N[C@H](C(=O)N[C@@H](CCCN)C(=O)C(C)C)[C@H](C)O. The van der Waals surface area contributed by atoms with Crippen LogP contribution in [-0.2, 0) is 14.4 Å². The Kier molecular flexibility index (Phi) is 12.9. The van der Waals surface area contributed by atoms with Crippen molar-refractivity contribution in [3.05, 3.63) is 0 Å². The number of rotatable bonds is 14. The summed E-state index contributed by atoms with van der Waals surface area (Å²) < 4.78 is 0. The first kappa shape index (κ1) is 26.5. The van der Waals surface area contributed by atoms with Gasteiger partial charge in [-0.1, -0.05) is 27.7 Å². The van der Waals surface area contributed by atoms with Crippen molar-refractivity contribution < 1.29 is 19.5 Å². The molecule has 0 aliphatic rings. The average molecular weight is 401 g/mol. The number of ketones is 1. The minimum atomic E-state index is -1.14. The molecule has 8 heteroatoms. The molecule has 2 amide bonds. The van der Waals surface area contributed by atoms with E-state index in [1.165, 1.54) is 6.92 Å². The van der Waals surface area contributed by atoms with E-state index in [0.29, 0.717) is 44.7 Å². The van der Waals surface area contributed by atoms with Crippen molar-refractivity contribution in [3.63, 3.8) is 0 Å². The van der Waals surface area contributed by atoms with Gasteiger partial charge in [0.25, 0.3) is 0 Å². The van der Waals surface area contributed by atoms with E-state index in [2.05, 4.69) is 10.6 Å². The number of nitrogens with two attached hydrogens (primary N) is 2. The van der Waals surface area contributed by atoms with Gasteiger partial charge < -0.3 is 27.2 Å². The number of hydrogen-bond acceptors (Lipinski definition) is 6. The minimum absolute atomic E-state index is 0.0988. The molecule has 0 saturated heterocycles. The van der Waals surface area contributed by atoms with E-state index < -0.39 is 24.1 Å². The van der Waals surface area contributed by atoms with E-state index in [0.717, 1.165) is 0 Å². The highest BCUT2D eigenvalue weighted by molar-refractivity contribution is 5.94. The van der Waals surface area contributed by atoms with E-state index >= 15 is 0 Å². The normalized spacial score (nSPS) is 15.8. The number of aliphatic hydroxyl groups is 1. The van der Waals surface area contributed by atoms with Crippen molar-refractivity contribution >= 4 is 17.6 Å². The summed E-state index contributed by atoms with van der Waals surface area (Å²) in [7, 11) is 0. The monoisotopic (exact) mass is 400 g/mol. The molecule has 0 bridgehead atoms. The molecule has 0 aliphatic heterocycles. The lowest BCUT2D eigenvalue weighted by Gasteiger charge is -2.27. The summed E-state index contributed by atoms with van der Waals surface area (Å²) in [4.78, 5) is 37.8. The molecule has 164 valence electrons. The highest BCUT2D eigenvalue weighted by Gasteiger charge is 2.32. The zero-order valence-corrected chi connectivity index (χ0v) is 18.0. The second kappa shape index (κ2) is 13.6. The molecule has 0 saturated carbocycles. The molecular weight excluding hydrogens is 360 g/mol. The molecule has 0 spiro atoms. The molecule has 0 fully saturated rings. The molecule has 0 radical (unpaired) electrons. The number of carbonyl (C=O) groups excluding carboxylic acids is 3. The van der Waals surface area contributed by atoms with Crippen LogP contribution < -0.4 is 22.1 Å². The van der Waals surface area contributed by atoms with Gasteiger partial charge in [0.2, 0.25) is 11.8 Å². The molecule has 0 aromatic carbocycles. The fourth-order valence-electron chi connectivity index (χ4n) is 3.07. The third-order valence-corrected chi connectivity index (χ3v) is 4.63. The maximum Gasteiger partial charge on any atom is 0.245 e. The molecule has 0 aromatic heterocycles. The standard InChI is InChI=1S/C20H40N4O4/c1-12(2)11-15(8-10-22)19(27)24-17(14(5)25)20(28)23-16(7-6-9-21)18(26)13(3)4/h12-17,25H,6-11,21-22H2,1-5H3,(H,23,28)(H,24,27)/t14-,15?,16-,17-/m0/s1. The van der Waals surface area contributed by atoms with E-state index in [9.17, 15) is 19.5 Å². The second-order valence-electron chi connectivity index (χ2n) is 8.18. The maximum atomic E-state index is 12.7. The van der Waals surface area contributed by atoms with E-state index in [-0.39, 0.29) is 23.5 Å². The summed E-state index contributed by atoms with van der Waals surface area (Å²) >= 11 is 0. The fourth-order valence-corrected chi connectivity index (χ4v) is 3.07. The molecule has 0 aliphatic carbocycles. The van der Waals surface area contributed by atoms with Crippen molar-refractivity contribution in [2.45, 2.75) is 78.5 Å². The highest BCUT2D eigenvalue weighted by Crippen LogP contribution is 2.16. The summed E-state index contributed by atoms with van der Waals surface area (Å²) in [6, 6.07) is -1.83. The lowest BCUT2D eigenvalue weighted by molar-refractivity contribution is -0.136. The van der Waals surface area contributed by atoms with Gasteiger partial charge in [0.05, 0.1) is 12.1 Å². The molecule has 0 heterocycles. The van der Waals surface area contributed by atoms with Crippen LogP contribution in [0.15, 0.2) is 0 Å². The topological polar surface area (TPSA) is 148 Å². The van der Waals surface area contributed by atoms with Gasteiger partial charge in [-0.2, -0.15) is 0 Å². The van der Waals surface area contributed by atoms with Gasteiger partial charge in [-0.05, 0) is 51.6 Å². The molecule has 0 aromatic rings. The zero-order valence-electron chi connectivity index (χ0n) is 18.0. The number of hydrogen-bond donors (Lipinski definition) is 5. The van der Waals surface area contributed by atoms with E-state index in [1.807, 2.05) is 13.8 Å². The van der Waals surface area contributed by atoms with Crippen molar-refractivity contribution in [1.29, 1.82) is 0 Å². The van der Waals surface area contributed by atoms with Gasteiger partial charge in [-0.15, -0.1) is 0 Å². The van der Waals surface area contributed by atoms with Gasteiger partial charge in [-0.25, -0.2) is 0 Å². The maximum absolute atomic E-state index is 12.7. The number of Topliss-reactive ketones (excluding diaryl/α,β-unsaturated/α-hetero) is 1. The van der Waals surface area contributed by atoms with E-state index in [4.69, 9.17) is 11.5 Å². The molecule has 8 nitrogen and oxygen atoms in total. The third-order valence-electron chi connectivity index (χ3n) is 4.63. The van der Waals surface area contributed by atoms with Crippen LogP contribution in [0.1, 0.15) is 60.3 Å². The largest absolute Gasteiger partial charge is 0.391 e. The van der Waals surface area contributed by atoms with Crippen molar-refractivity contribution in [2.24, 2.45) is 29.2 Å². The van der Waals surface area contributed by atoms with Crippen molar-refractivity contribution in [1.82, 2.24) is 10.6 Å². The Morgan fingerprint density at radius 3 is 1.93 bits per heavy atom. The first-order chi connectivity index (χ1) is 13.0. The Morgan fingerprint density at radius 2 is 1.50 bits per heavy atom. The summed E-state index contributed by atoms with van der Waals surface area (Å²) in [5, 5.41) is 15.4. The number of nitrogens with one attached hydrogen (secondary N) is 2. The predicted molar refractivity (Wildman–Crippen MR) is 110 cm³/mol. The highest BCUT2D eigenvalue weighted by atomic mass is 16.3. The van der Waals surface area contributed by atoms with Crippen molar-refractivity contribution in [2.75, 3.05) is 13.1 Å². The van der Waals surface area contributed by atoms with Crippen LogP contribution in [0.2, 0.25) is 0 Å². The summed E-state index contributed by atoms with van der Waals surface area (Å²) in [6.07, 6.45) is 1.04. The van der Waals surface area contributed by atoms with Crippen LogP contribution >= 0.6 is 0 Å². The lowest BCUT2D eigenvalue weighted by atomic mass is 9.92. The molecule has 1 unspecified atom stereocenters. The lowest BCUT2D eigenvalue weighted by Crippen LogP contribution is -2.57. The first-order valence-corrected chi connectivity index (χ1v) is 10.3. The van der Waals surface area contributed by atoms with Gasteiger partial charge in [-0.3, -0.25) is 14.4 Å². The summed E-state index contributed by atoms with van der Waals surface area (Å²) in [5.41, 5.74) is 11.1. The quantitative estimate of drug-likeness (QED) is 0.283. The average Bonchev–Trinajstić information content (AvgIpc) is 2.60. The smallest absolute Gasteiger partial charge is 0.245 e. The summed E-state index contributed by atoms with van der Waals surface area (Å²) in [6.45, 7) is 9.75. The Bertz CT molecular complexity index is 495. The van der Waals surface area contributed by atoms with Crippen LogP contribution in [0.5, 0.6) is 0 Å². The Balaban J connectivity index is 5.23. The molecule has 4 atom stereocenters. The minimum Gasteiger partial charge on any atom is -0.391 e. The van der Waals surface area contributed by atoms with Crippen LogP contribution in [-0.4, -0.2) is 54.0 Å². The predicted octanol–water partition coefficient (Wildman–Crippen LogP) is 0.312. The van der Waals surface area contributed by atoms with Gasteiger partial charge in [0.1, 0.15) is 6.04 Å². The van der Waals surface area contributed by atoms with Crippen LogP contribution in [0.3, 0.4) is 0 Å². The number of aliphatic hydroxyl groups excluding tert-OH is 1. The number of carbonyl (C=O) groups is 3. The Labute approximate surface area is 169 Å².